The number of nitrogens with one attached hydrogen (secondary N) is 1. The van der Waals surface area contributed by atoms with Crippen LogP contribution in [-0.4, -0.2) is 12.5 Å². The first kappa shape index (κ1) is 11.2. The second-order valence-electron chi connectivity index (χ2n) is 4.07. The van der Waals surface area contributed by atoms with Crippen molar-refractivity contribution in [2.75, 3.05) is 11.9 Å². The molecule has 0 fully saturated rings. The van der Waals surface area contributed by atoms with Crippen LogP contribution < -0.4 is 11.1 Å². The molecule has 0 radical (unpaired) electrons. The summed E-state index contributed by atoms with van der Waals surface area (Å²) in [5, 5.41) is 5.66. The lowest BCUT2D eigenvalue weighted by molar-refractivity contribution is -0.117. The van der Waals surface area contributed by atoms with Crippen LogP contribution in [0.15, 0.2) is 17.5 Å². The lowest BCUT2D eigenvalue weighted by Gasteiger charge is -2.20. The van der Waals surface area contributed by atoms with Gasteiger partial charge >= 0.3 is 0 Å². The van der Waals surface area contributed by atoms with Gasteiger partial charge in [0, 0.05) is 6.42 Å². The standard InChI is InChI=1S/C10H16N2OS/c1-10(2,7-11)6-8(13)12-9-4-3-5-14-9/h3-5H,6-7,11H2,1-2H3,(H,12,13). The van der Waals surface area contributed by atoms with Crippen molar-refractivity contribution in [1.82, 2.24) is 0 Å². The molecule has 1 aromatic rings. The first-order valence-electron chi connectivity index (χ1n) is 4.57. The Labute approximate surface area is 88.3 Å². The first-order valence-corrected chi connectivity index (χ1v) is 5.45. The molecule has 3 nitrogen and oxygen atoms in total. The molecule has 4 heteroatoms. The number of amides is 1. The molecule has 0 saturated heterocycles. The van der Waals surface area contributed by atoms with Crippen LogP contribution in [0.5, 0.6) is 0 Å². The molecule has 0 spiro atoms. The van der Waals surface area contributed by atoms with E-state index >= 15 is 0 Å². The molecule has 0 bridgehead atoms. The van der Waals surface area contributed by atoms with Gasteiger partial charge in [-0.2, -0.15) is 0 Å². The molecule has 14 heavy (non-hydrogen) atoms. The number of nitrogens with two attached hydrogens (primary N) is 1. The minimum atomic E-state index is -0.124. The Morgan fingerprint density at radius 2 is 2.36 bits per heavy atom. The van der Waals surface area contributed by atoms with Gasteiger partial charge in [0.25, 0.3) is 0 Å². The third-order valence-corrected chi connectivity index (χ3v) is 2.76. The van der Waals surface area contributed by atoms with Gasteiger partial charge in [0.05, 0.1) is 5.00 Å². The molecule has 0 aromatic carbocycles. The van der Waals surface area contributed by atoms with Gasteiger partial charge in [-0.1, -0.05) is 13.8 Å². The van der Waals surface area contributed by atoms with Gasteiger partial charge in [-0.15, -0.1) is 11.3 Å². The van der Waals surface area contributed by atoms with Crippen molar-refractivity contribution in [3.8, 4) is 0 Å². The Balaban J connectivity index is 2.44. The van der Waals surface area contributed by atoms with E-state index in [4.69, 9.17) is 5.73 Å². The maximum atomic E-state index is 11.5. The normalized spacial score (nSPS) is 11.4. The van der Waals surface area contributed by atoms with Crippen LogP contribution >= 0.6 is 11.3 Å². The summed E-state index contributed by atoms with van der Waals surface area (Å²) in [6.45, 7) is 4.49. The molecule has 0 aliphatic carbocycles. The predicted molar refractivity (Wildman–Crippen MR) is 60.4 cm³/mol. The number of hydrogen-bond acceptors (Lipinski definition) is 3. The second-order valence-corrected chi connectivity index (χ2v) is 5.02. The predicted octanol–water partition coefficient (Wildman–Crippen LogP) is 2.06. The zero-order valence-electron chi connectivity index (χ0n) is 8.54. The van der Waals surface area contributed by atoms with E-state index in [2.05, 4.69) is 5.32 Å². The van der Waals surface area contributed by atoms with Gasteiger partial charge in [0.1, 0.15) is 0 Å². The van der Waals surface area contributed by atoms with Crippen LogP contribution in [0.3, 0.4) is 0 Å². The molecule has 3 N–H and O–H groups in total. The summed E-state index contributed by atoms with van der Waals surface area (Å²) < 4.78 is 0. The van der Waals surface area contributed by atoms with E-state index in [-0.39, 0.29) is 11.3 Å². The first-order chi connectivity index (χ1) is 6.53. The van der Waals surface area contributed by atoms with Crippen molar-refractivity contribution in [3.63, 3.8) is 0 Å². The van der Waals surface area contributed by atoms with Gasteiger partial charge in [0.15, 0.2) is 0 Å². The summed E-state index contributed by atoms with van der Waals surface area (Å²) >= 11 is 1.52. The lowest BCUT2D eigenvalue weighted by Crippen LogP contribution is -2.29. The Morgan fingerprint density at radius 3 is 2.86 bits per heavy atom. The maximum absolute atomic E-state index is 11.5. The van der Waals surface area contributed by atoms with Crippen LogP contribution in [-0.2, 0) is 4.79 Å². The van der Waals surface area contributed by atoms with Gasteiger partial charge in [-0.3, -0.25) is 4.79 Å². The molecule has 0 aliphatic rings. The molecular weight excluding hydrogens is 196 g/mol. The van der Waals surface area contributed by atoms with Crippen molar-refractivity contribution < 1.29 is 4.79 Å². The minimum Gasteiger partial charge on any atom is -0.330 e. The highest BCUT2D eigenvalue weighted by atomic mass is 32.1. The molecule has 78 valence electrons. The van der Waals surface area contributed by atoms with Crippen LogP contribution in [0.2, 0.25) is 0 Å². The molecule has 1 rings (SSSR count). The van der Waals surface area contributed by atoms with Crippen molar-refractivity contribution >= 4 is 22.2 Å². The summed E-state index contributed by atoms with van der Waals surface area (Å²) in [5.74, 6) is 0.0305. The largest absolute Gasteiger partial charge is 0.330 e. The van der Waals surface area contributed by atoms with Crippen molar-refractivity contribution in [3.05, 3.63) is 17.5 Å². The fourth-order valence-electron chi connectivity index (χ4n) is 1.04. The van der Waals surface area contributed by atoms with Crippen molar-refractivity contribution in [2.24, 2.45) is 11.1 Å². The highest BCUT2D eigenvalue weighted by molar-refractivity contribution is 7.14. The zero-order chi connectivity index (χ0) is 10.6. The number of anilines is 1. The zero-order valence-corrected chi connectivity index (χ0v) is 9.36. The van der Waals surface area contributed by atoms with Crippen molar-refractivity contribution in [2.45, 2.75) is 20.3 Å². The Morgan fingerprint density at radius 1 is 1.64 bits per heavy atom. The van der Waals surface area contributed by atoms with Gasteiger partial charge in [-0.25, -0.2) is 0 Å². The summed E-state index contributed by atoms with van der Waals surface area (Å²) in [5.41, 5.74) is 5.43. The second kappa shape index (κ2) is 4.57. The lowest BCUT2D eigenvalue weighted by atomic mass is 9.89. The number of rotatable bonds is 4. The Bertz CT molecular complexity index is 293. The fourth-order valence-corrected chi connectivity index (χ4v) is 1.67. The molecule has 1 amide bonds. The molecular formula is C10H16N2OS. The Kier molecular flexibility index (Phi) is 3.66. The molecule has 1 aromatic heterocycles. The van der Waals surface area contributed by atoms with E-state index in [1.54, 1.807) is 0 Å². The highest BCUT2D eigenvalue weighted by Crippen LogP contribution is 2.21. The molecule has 1 heterocycles. The van der Waals surface area contributed by atoms with Crippen LogP contribution in [0, 0.1) is 5.41 Å². The smallest absolute Gasteiger partial charge is 0.225 e. The average Bonchev–Trinajstić information content (AvgIpc) is 2.55. The topological polar surface area (TPSA) is 55.1 Å². The third kappa shape index (κ3) is 3.47. The van der Waals surface area contributed by atoms with Gasteiger partial charge in [-0.05, 0) is 29.5 Å². The summed E-state index contributed by atoms with van der Waals surface area (Å²) in [6.07, 6.45) is 0.460. The van der Waals surface area contributed by atoms with E-state index in [0.29, 0.717) is 13.0 Å². The average molecular weight is 212 g/mol. The molecule has 0 unspecified atom stereocenters. The molecule has 0 atom stereocenters. The van der Waals surface area contributed by atoms with Gasteiger partial charge in [0.2, 0.25) is 5.91 Å². The summed E-state index contributed by atoms with van der Waals surface area (Å²) in [7, 11) is 0. The highest BCUT2D eigenvalue weighted by Gasteiger charge is 2.20. The van der Waals surface area contributed by atoms with Crippen molar-refractivity contribution in [1.29, 1.82) is 0 Å². The maximum Gasteiger partial charge on any atom is 0.225 e. The molecule has 0 aliphatic heterocycles. The van der Waals surface area contributed by atoms with E-state index < -0.39 is 0 Å². The Hall–Kier alpha value is -0.870. The molecule has 0 saturated carbocycles. The fraction of sp³-hybridized carbons (Fsp3) is 0.500. The number of carbonyl (C=O) groups excluding carboxylic acids is 1. The number of carbonyl (C=O) groups is 1. The summed E-state index contributed by atoms with van der Waals surface area (Å²) in [6, 6.07) is 3.80. The SMILES string of the molecule is CC(C)(CN)CC(=O)Nc1cccs1. The quantitative estimate of drug-likeness (QED) is 0.802. The van der Waals surface area contributed by atoms with Gasteiger partial charge < -0.3 is 11.1 Å². The van der Waals surface area contributed by atoms with E-state index in [0.717, 1.165) is 5.00 Å². The summed E-state index contributed by atoms with van der Waals surface area (Å²) in [4.78, 5) is 11.5. The monoisotopic (exact) mass is 212 g/mol. The third-order valence-electron chi connectivity index (χ3n) is 1.98. The number of thiophene rings is 1. The minimum absolute atomic E-state index is 0.0305. The van der Waals surface area contributed by atoms with E-state index in [9.17, 15) is 4.79 Å². The van der Waals surface area contributed by atoms with E-state index in [1.165, 1.54) is 11.3 Å². The van der Waals surface area contributed by atoms with Crippen LogP contribution in [0.4, 0.5) is 5.00 Å². The number of hydrogen-bond donors (Lipinski definition) is 2. The van der Waals surface area contributed by atoms with Crippen LogP contribution in [0.1, 0.15) is 20.3 Å². The van der Waals surface area contributed by atoms with E-state index in [1.807, 2.05) is 31.4 Å². The van der Waals surface area contributed by atoms with Crippen LogP contribution in [0.25, 0.3) is 0 Å².